The minimum atomic E-state index is 0.133. The molecule has 0 spiro atoms. The Balaban J connectivity index is 1.07. The van der Waals surface area contributed by atoms with E-state index in [4.69, 9.17) is 5.10 Å². The Bertz CT molecular complexity index is 1240. The van der Waals surface area contributed by atoms with Crippen LogP contribution in [0.3, 0.4) is 0 Å². The van der Waals surface area contributed by atoms with E-state index in [9.17, 15) is 4.79 Å². The summed E-state index contributed by atoms with van der Waals surface area (Å²) in [6, 6.07) is 13.8. The van der Waals surface area contributed by atoms with Crippen molar-refractivity contribution >= 4 is 29.0 Å². The highest BCUT2D eigenvalue weighted by molar-refractivity contribution is 7.10. The number of benzene rings is 1. The van der Waals surface area contributed by atoms with Crippen molar-refractivity contribution in [1.29, 1.82) is 0 Å². The second kappa shape index (κ2) is 11.8. The lowest BCUT2D eigenvalue weighted by Gasteiger charge is -2.37. The molecule has 2 N–H and O–H groups in total. The molecule has 1 saturated heterocycles. The maximum Gasteiger partial charge on any atom is 0.225 e. The zero-order valence-electron chi connectivity index (χ0n) is 24.4. The van der Waals surface area contributed by atoms with Gasteiger partial charge in [0, 0.05) is 16.8 Å². The first kappa shape index (κ1) is 27.7. The number of thiophene rings is 1. The first-order valence-electron chi connectivity index (χ1n) is 15.6. The van der Waals surface area contributed by atoms with Crippen molar-refractivity contribution in [3.8, 4) is 0 Å². The summed E-state index contributed by atoms with van der Waals surface area (Å²) in [6.07, 6.45) is 12.2. The number of allylic oxidation sites excluding steroid dienone is 1. The van der Waals surface area contributed by atoms with Gasteiger partial charge in [-0.2, -0.15) is 5.10 Å². The third kappa shape index (κ3) is 5.67. The predicted octanol–water partition coefficient (Wildman–Crippen LogP) is 6.16. The number of carbonyl (C=O) groups excluding carboxylic acids is 1. The molecule has 3 fully saturated rings. The summed E-state index contributed by atoms with van der Waals surface area (Å²) in [7, 11) is 0. The zero-order chi connectivity index (χ0) is 27.7. The van der Waals surface area contributed by atoms with Gasteiger partial charge in [0.05, 0.1) is 18.2 Å². The molecule has 1 aromatic heterocycles. The van der Waals surface area contributed by atoms with Crippen molar-refractivity contribution < 1.29 is 4.79 Å². The van der Waals surface area contributed by atoms with Crippen molar-refractivity contribution in [3.63, 3.8) is 0 Å². The summed E-state index contributed by atoms with van der Waals surface area (Å²) in [5.74, 6) is 2.65. The molecule has 2 aliphatic heterocycles. The molecule has 0 radical (unpaired) electrons. The average molecular weight is 559 g/mol. The molecule has 7 unspecified atom stereocenters. The van der Waals surface area contributed by atoms with Crippen LogP contribution in [-0.4, -0.2) is 48.2 Å². The van der Waals surface area contributed by atoms with E-state index in [1.54, 1.807) is 11.3 Å². The Morgan fingerprint density at radius 3 is 2.90 bits per heavy atom. The maximum atomic E-state index is 12.7. The van der Waals surface area contributed by atoms with Crippen molar-refractivity contribution in [3.05, 3.63) is 63.9 Å². The topological polar surface area (TPSA) is 56.7 Å². The summed E-state index contributed by atoms with van der Waals surface area (Å²) >= 11 is 1.65. The van der Waals surface area contributed by atoms with E-state index in [1.165, 1.54) is 56.4 Å². The highest BCUT2D eigenvalue weighted by atomic mass is 32.1. The predicted molar refractivity (Wildman–Crippen MR) is 166 cm³/mol. The van der Waals surface area contributed by atoms with E-state index in [0.717, 1.165) is 35.3 Å². The van der Waals surface area contributed by atoms with E-state index >= 15 is 0 Å². The van der Waals surface area contributed by atoms with Gasteiger partial charge in [0.2, 0.25) is 5.91 Å². The molecule has 0 bridgehead atoms. The summed E-state index contributed by atoms with van der Waals surface area (Å²) in [5.41, 5.74) is 7.84. The lowest BCUT2D eigenvalue weighted by molar-refractivity contribution is -0.121. The molecule has 2 aliphatic carbocycles. The maximum absolute atomic E-state index is 12.7. The summed E-state index contributed by atoms with van der Waals surface area (Å²) in [6.45, 7) is 10.7. The Labute approximate surface area is 244 Å². The normalized spacial score (nSPS) is 33.5. The van der Waals surface area contributed by atoms with Gasteiger partial charge in [-0.05, 0) is 110 Å². The van der Waals surface area contributed by atoms with Gasteiger partial charge in [0.15, 0.2) is 0 Å². The number of hydrogen-bond acceptors (Lipinski definition) is 5. The molecular weight excluding hydrogens is 512 g/mol. The number of likely N-dealkylation sites (tertiary alicyclic amines) is 1. The fraction of sp³-hybridized carbons (Fsp3) is 0.588. The van der Waals surface area contributed by atoms with Crippen LogP contribution < -0.4 is 10.7 Å². The molecule has 7 atom stereocenters. The Kier molecular flexibility index (Phi) is 8.18. The third-order valence-corrected chi connectivity index (χ3v) is 11.6. The minimum Gasteiger partial charge on any atom is -0.353 e. The van der Waals surface area contributed by atoms with Gasteiger partial charge in [-0.1, -0.05) is 57.2 Å². The van der Waals surface area contributed by atoms with Crippen LogP contribution in [0, 0.1) is 29.1 Å². The van der Waals surface area contributed by atoms with Gasteiger partial charge in [0.1, 0.15) is 0 Å². The van der Waals surface area contributed by atoms with Crippen LogP contribution >= 0.6 is 11.3 Å². The Morgan fingerprint density at radius 1 is 1.20 bits per heavy atom. The van der Waals surface area contributed by atoms with E-state index in [0.29, 0.717) is 29.7 Å². The lowest BCUT2D eigenvalue weighted by atomic mass is 9.74. The monoisotopic (exact) mass is 558 g/mol. The van der Waals surface area contributed by atoms with E-state index < -0.39 is 0 Å². The third-order valence-electron chi connectivity index (χ3n) is 10.8. The number of amides is 1. The molecule has 5 nitrogen and oxygen atoms in total. The van der Waals surface area contributed by atoms with Crippen LogP contribution in [-0.2, 0) is 17.6 Å². The molecule has 214 valence electrons. The van der Waals surface area contributed by atoms with E-state index in [2.05, 4.69) is 72.8 Å². The SMILES string of the molecule is CCN1CCC2C(Cc3cccc(/C=C/C4=NNC5CC(C)C(NC(=O)Cc6cccs6)CC45)c3)C2(CC)CC1. The molecule has 4 aliphatic rings. The van der Waals surface area contributed by atoms with Gasteiger partial charge < -0.3 is 15.6 Å². The molecule has 3 heterocycles. The molecule has 2 aromatic rings. The average Bonchev–Trinajstić information content (AvgIpc) is 3.20. The second-order valence-corrected chi connectivity index (χ2v) is 13.8. The molecule has 2 saturated carbocycles. The van der Waals surface area contributed by atoms with Crippen molar-refractivity contribution in [2.24, 2.45) is 34.2 Å². The first-order chi connectivity index (χ1) is 19.5. The number of carbonyl (C=O) groups is 1. The van der Waals surface area contributed by atoms with Crippen molar-refractivity contribution in [2.45, 2.75) is 77.8 Å². The quantitative estimate of drug-likeness (QED) is 0.387. The number of fused-ring (bicyclic) bond motifs is 2. The fourth-order valence-electron chi connectivity index (χ4n) is 8.25. The van der Waals surface area contributed by atoms with Gasteiger partial charge >= 0.3 is 0 Å². The van der Waals surface area contributed by atoms with Crippen LogP contribution in [0.1, 0.15) is 68.9 Å². The van der Waals surface area contributed by atoms with E-state index in [1.807, 2.05) is 17.5 Å². The molecule has 6 heteroatoms. The number of nitrogens with zero attached hydrogens (tertiary/aromatic N) is 2. The Morgan fingerprint density at radius 2 is 2.10 bits per heavy atom. The first-order valence-corrected chi connectivity index (χ1v) is 16.5. The van der Waals surface area contributed by atoms with Crippen LogP contribution in [0.15, 0.2) is 53.0 Å². The summed E-state index contributed by atoms with van der Waals surface area (Å²) < 4.78 is 0. The van der Waals surface area contributed by atoms with Gasteiger partial charge in [-0.15, -0.1) is 11.3 Å². The summed E-state index contributed by atoms with van der Waals surface area (Å²) in [5, 5.41) is 10.1. The largest absolute Gasteiger partial charge is 0.353 e. The molecule has 1 aromatic carbocycles. The zero-order valence-corrected chi connectivity index (χ0v) is 25.3. The van der Waals surface area contributed by atoms with Crippen LogP contribution in [0.5, 0.6) is 0 Å². The standard InChI is InChI=1S/C34H46N4OS/c1-4-34-14-16-38(5-2)15-13-28(34)29(34)20-25-9-6-8-24(19-25)11-12-30-27-22-31(23(3)18-32(27)37-36-30)35-33(39)21-26-10-7-17-40-26/h6-12,17,19,23,27-29,31-32,37H,4-5,13-16,18,20-22H2,1-3H3,(H,35,39)/b12-11+. The fourth-order valence-corrected chi connectivity index (χ4v) is 8.96. The summed E-state index contributed by atoms with van der Waals surface area (Å²) in [4.78, 5) is 16.5. The number of hydrazone groups is 1. The van der Waals surface area contributed by atoms with Gasteiger partial charge in [-0.3, -0.25) is 4.79 Å². The number of hydrogen-bond donors (Lipinski definition) is 2. The van der Waals surface area contributed by atoms with E-state index in [-0.39, 0.29) is 11.9 Å². The molecule has 40 heavy (non-hydrogen) atoms. The van der Waals surface area contributed by atoms with Gasteiger partial charge in [0.25, 0.3) is 0 Å². The number of nitrogens with one attached hydrogen (secondary N) is 2. The van der Waals surface area contributed by atoms with Crippen LogP contribution in [0.2, 0.25) is 0 Å². The van der Waals surface area contributed by atoms with Crippen LogP contribution in [0.25, 0.3) is 6.08 Å². The smallest absolute Gasteiger partial charge is 0.225 e. The van der Waals surface area contributed by atoms with Crippen molar-refractivity contribution in [2.75, 3.05) is 19.6 Å². The lowest BCUT2D eigenvalue weighted by Crippen LogP contribution is -2.49. The Hall–Kier alpha value is -2.44. The second-order valence-electron chi connectivity index (χ2n) is 12.8. The number of rotatable bonds is 9. The van der Waals surface area contributed by atoms with Crippen molar-refractivity contribution in [1.82, 2.24) is 15.6 Å². The highest BCUT2D eigenvalue weighted by Gasteiger charge is 2.62. The molecule has 1 amide bonds. The minimum absolute atomic E-state index is 0.133. The molecular formula is C34H46N4OS. The van der Waals surface area contributed by atoms with Crippen LogP contribution in [0.4, 0.5) is 0 Å². The van der Waals surface area contributed by atoms with Gasteiger partial charge in [-0.25, -0.2) is 0 Å². The highest BCUT2D eigenvalue weighted by Crippen LogP contribution is 2.66. The molecule has 6 rings (SSSR count).